The van der Waals surface area contributed by atoms with Gasteiger partial charge in [0.15, 0.2) is 5.13 Å². The first-order valence-electron chi connectivity index (χ1n) is 5.58. The number of nitrogens with one attached hydrogen (secondary N) is 1. The molecule has 0 bridgehead atoms. The summed E-state index contributed by atoms with van der Waals surface area (Å²) in [5.41, 5.74) is 1.76. The number of anilines is 2. The van der Waals surface area contributed by atoms with Crippen molar-refractivity contribution in [3.63, 3.8) is 0 Å². The number of benzene rings is 1. The normalized spacial score (nSPS) is 10.6. The average molecular weight is 292 g/mol. The molecule has 1 N–H and O–H groups in total. The number of thiazole rings is 1. The smallest absolute Gasteiger partial charge is 0.213 e. The summed E-state index contributed by atoms with van der Waals surface area (Å²) < 4.78 is 6.11. The molecule has 0 radical (unpaired) electrons. The zero-order valence-corrected chi connectivity index (χ0v) is 11.6. The van der Waals surface area contributed by atoms with Gasteiger partial charge in [-0.25, -0.2) is 9.97 Å². The van der Waals surface area contributed by atoms with Crippen LogP contribution in [0.5, 0.6) is 5.88 Å². The number of methoxy groups -OCH3 is 1. The third-order valence-corrected chi connectivity index (χ3v) is 3.73. The number of hydrogen-bond donors (Lipinski definition) is 1. The van der Waals surface area contributed by atoms with Crippen molar-refractivity contribution in [3.05, 3.63) is 41.6 Å². The highest BCUT2D eigenvalue weighted by atomic mass is 35.5. The molecule has 4 nitrogen and oxygen atoms in total. The monoisotopic (exact) mass is 291 g/mol. The van der Waals surface area contributed by atoms with Crippen molar-refractivity contribution in [2.45, 2.75) is 0 Å². The number of halogens is 1. The van der Waals surface area contributed by atoms with Crippen molar-refractivity contribution >= 4 is 44.0 Å². The van der Waals surface area contributed by atoms with Crippen LogP contribution in [0.15, 0.2) is 36.5 Å². The lowest BCUT2D eigenvalue weighted by Crippen LogP contribution is -1.91. The molecule has 2 aromatic heterocycles. The topological polar surface area (TPSA) is 47.0 Å². The molecular formula is C13H10ClN3OS. The highest BCUT2D eigenvalue weighted by Gasteiger charge is 2.05. The molecule has 0 atom stereocenters. The molecule has 0 aliphatic heterocycles. The van der Waals surface area contributed by atoms with Gasteiger partial charge in [-0.1, -0.05) is 22.9 Å². The molecule has 3 rings (SSSR count). The Balaban J connectivity index is 1.87. The van der Waals surface area contributed by atoms with Gasteiger partial charge in [0.2, 0.25) is 5.88 Å². The second-order valence-corrected chi connectivity index (χ2v) is 5.31. The zero-order valence-electron chi connectivity index (χ0n) is 10.1. The van der Waals surface area contributed by atoms with Crippen LogP contribution in [0.2, 0.25) is 5.02 Å². The van der Waals surface area contributed by atoms with E-state index in [0.29, 0.717) is 10.9 Å². The summed E-state index contributed by atoms with van der Waals surface area (Å²) in [6.45, 7) is 0. The van der Waals surface area contributed by atoms with E-state index in [4.69, 9.17) is 16.3 Å². The molecule has 0 unspecified atom stereocenters. The fraction of sp³-hybridized carbons (Fsp3) is 0.0769. The molecule has 3 aromatic rings. The predicted octanol–water partition coefficient (Wildman–Crippen LogP) is 4.10. The van der Waals surface area contributed by atoms with Crippen LogP contribution in [0.4, 0.5) is 10.8 Å². The lowest BCUT2D eigenvalue weighted by molar-refractivity contribution is 0.398. The Hall–Kier alpha value is -1.85. The molecular weight excluding hydrogens is 282 g/mol. The second-order valence-electron chi connectivity index (χ2n) is 3.85. The SMILES string of the molecule is COc1ccc(Nc2nc3cc(Cl)ccc3s2)cn1. The molecule has 1 aromatic carbocycles. The van der Waals surface area contributed by atoms with Crippen LogP contribution in [0.3, 0.4) is 0 Å². The lowest BCUT2D eigenvalue weighted by Gasteiger charge is -2.02. The molecule has 0 saturated carbocycles. The minimum atomic E-state index is 0.585. The zero-order chi connectivity index (χ0) is 13.2. The summed E-state index contributed by atoms with van der Waals surface area (Å²) >= 11 is 7.51. The fourth-order valence-corrected chi connectivity index (χ4v) is 2.69. The van der Waals surface area contributed by atoms with Crippen molar-refractivity contribution in [2.24, 2.45) is 0 Å². The quantitative estimate of drug-likeness (QED) is 0.789. The molecule has 0 saturated heterocycles. The van der Waals surface area contributed by atoms with Crippen molar-refractivity contribution in [2.75, 3.05) is 12.4 Å². The Labute approximate surface area is 119 Å². The van der Waals surface area contributed by atoms with Crippen LogP contribution < -0.4 is 10.1 Å². The third-order valence-electron chi connectivity index (χ3n) is 2.55. The number of fused-ring (bicyclic) bond motifs is 1. The van der Waals surface area contributed by atoms with Crippen LogP contribution >= 0.6 is 22.9 Å². The third kappa shape index (κ3) is 2.62. The number of nitrogens with zero attached hydrogens (tertiary/aromatic N) is 2. The predicted molar refractivity (Wildman–Crippen MR) is 78.7 cm³/mol. The standard InChI is InChI=1S/C13H10ClN3OS/c1-18-12-5-3-9(7-15-12)16-13-17-10-6-8(14)2-4-11(10)19-13/h2-7H,1H3,(H,16,17). The number of aromatic nitrogens is 2. The average Bonchev–Trinajstić information content (AvgIpc) is 2.81. The summed E-state index contributed by atoms with van der Waals surface area (Å²) in [5, 5.41) is 4.71. The van der Waals surface area contributed by atoms with E-state index < -0.39 is 0 Å². The lowest BCUT2D eigenvalue weighted by atomic mass is 10.3. The Morgan fingerprint density at radius 1 is 1.26 bits per heavy atom. The van der Waals surface area contributed by atoms with Gasteiger partial charge in [0.25, 0.3) is 0 Å². The van der Waals surface area contributed by atoms with Gasteiger partial charge in [0.1, 0.15) is 0 Å². The minimum absolute atomic E-state index is 0.585. The van der Waals surface area contributed by atoms with Crippen molar-refractivity contribution in [1.29, 1.82) is 0 Å². The minimum Gasteiger partial charge on any atom is -0.481 e. The van der Waals surface area contributed by atoms with Crippen molar-refractivity contribution < 1.29 is 4.74 Å². The van der Waals surface area contributed by atoms with Crippen molar-refractivity contribution in [1.82, 2.24) is 9.97 Å². The van der Waals surface area contributed by atoms with Crippen molar-refractivity contribution in [3.8, 4) is 5.88 Å². The molecule has 19 heavy (non-hydrogen) atoms. The summed E-state index contributed by atoms with van der Waals surface area (Å²) in [6, 6.07) is 9.37. The Kier molecular flexibility index (Phi) is 3.23. The van der Waals surface area contributed by atoms with Gasteiger partial charge in [0.05, 0.1) is 29.2 Å². The van der Waals surface area contributed by atoms with Crippen LogP contribution in [0, 0.1) is 0 Å². The van der Waals surface area contributed by atoms with E-state index in [9.17, 15) is 0 Å². The number of ether oxygens (including phenoxy) is 1. The highest BCUT2D eigenvalue weighted by Crippen LogP contribution is 2.29. The molecule has 2 heterocycles. The first kappa shape index (κ1) is 12.2. The maximum atomic E-state index is 5.94. The van der Waals surface area contributed by atoms with Gasteiger partial charge in [0, 0.05) is 11.1 Å². The van der Waals surface area contributed by atoms with Gasteiger partial charge in [-0.2, -0.15) is 0 Å². The van der Waals surface area contributed by atoms with Crippen LogP contribution in [-0.4, -0.2) is 17.1 Å². The summed E-state index contributed by atoms with van der Waals surface area (Å²) in [7, 11) is 1.59. The first-order chi connectivity index (χ1) is 9.24. The molecule has 0 aliphatic rings. The molecule has 96 valence electrons. The number of rotatable bonds is 3. The molecule has 0 fully saturated rings. The molecule has 0 amide bonds. The summed E-state index contributed by atoms with van der Waals surface area (Å²) in [5.74, 6) is 0.585. The van der Waals surface area contributed by atoms with Gasteiger partial charge in [-0.05, 0) is 24.3 Å². The number of hydrogen-bond acceptors (Lipinski definition) is 5. The van der Waals surface area contributed by atoms with E-state index in [1.54, 1.807) is 30.7 Å². The maximum Gasteiger partial charge on any atom is 0.213 e. The van der Waals surface area contributed by atoms with E-state index in [0.717, 1.165) is 21.0 Å². The fourth-order valence-electron chi connectivity index (χ4n) is 1.65. The van der Waals surface area contributed by atoms with Gasteiger partial charge >= 0.3 is 0 Å². The van der Waals surface area contributed by atoms with Crippen LogP contribution in [0.1, 0.15) is 0 Å². The molecule has 0 spiro atoms. The number of pyridine rings is 1. The Morgan fingerprint density at radius 2 is 2.16 bits per heavy atom. The van der Waals surface area contributed by atoms with Crippen LogP contribution in [0.25, 0.3) is 10.2 Å². The van der Waals surface area contributed by atoms with Gasteiger partial charge in [-0.15, -0.1) is 0 Å². The first-order valence-corrected chi connectivity index (χ1v) is 6.77. The van der Waals surface area contributed by atoms with E-state index in [1.807, 2.05) is 24.3 Å². The maximum absolute atomic E-state index is 5.94. The summed E-state index contributed by atoms with van der Waals surface area (Å²) in [4.78, 5) is 8.61. The van der Waals surface area contributed by atoms with E-state index >= 15 is 0 Å². The second kappa shape index (κ2) is 5.03. The highest BCUT2D eigenvalue weighted by molar-refractivity contribution is 7.22. The van der Waals surface area contributed by atoms with E-state index in [2.05, 4.69) is 15.3 Å². The van der Waals surface area contributed by atoms with Gasteiger partial charge < -0.3 is 10.1 Å². The largest absolute Gasteiger partial charge is 0.481 e. The Morgan fingerprint density at radius 3 is 2.89 bits per heavy atom. The van der Waals surface area contributed by atoms with Crippen LogP contribution in [-0.2, 0) is 0 Å². The van der Waals surface area contributed by atoms with E-state index in [-0.39, 0.29) is 0 Å². The van der Waals surface area contributed by atoms with E-state index in [1.165, 1.54) is 0 Å². The van der Waals surface area contributed by atoms with Gasteiger partial charge in [-0.3, -0.25) is 0 Å². The summed E-state index contributed by atoms with van der Waals surface area (Å²) in [6.07, 6.45) is 1.71. The molecule has 6 heteroatoms. The molecule has 0 aliphatic carbocycles. The Bertz CT molecular complexity index is 711.